The number of rotatable bonds is 3. The summed E-state index contributed by atoms with van der Waals surface area (Å²) >= 11 is 0. The van der Waals surface area contributed by atoms with Gasteiger partial charge in [-0.25, -0.2) is 13.5 Å². The molecule has 212 valence electrons. The van der Waals surface area contributed by atoms with Crippen LogP contribution < -0.4 is 21.3 Å². The number of fused-ring (bicyclic) bond motifs is 3. The molecule has 0 radical (unpaired) electrons. The Hall–Kier alpha value is -2.99. The van der Waals surface area contributed by atoms with E-state index in [1.165, 1.54) is 6.20 Å². The van der Waals surface area contributed by atoms with Gasteiger partial charge in [0.15, 0.2) is 11.6 Å². The Balaban J connectivity index is 1.29. The molecule has 1 aliphatic carbocycles. The van der Waals surface area contributed by atoms with E-state index in [1.54, 1.807) is 4.68 Å². The molecule has 2 atom stereocenters. The van der Waals surface area contributed by atoms with Crippen molar-refractivity contribution in [2.24, 2.45) is 0 Å². The van der Waals surface area contributed by atoms with E-state index in [-0.39, 0.29) is 29.7 Å². The summed E-state index contributed by atoms with van der Waals surface area (Å²) < 4.78 is 38.1. The van der Waals surface area contributed by atoms with Gasteiger partial charge in [0, 0.05) is 32.7 Å². The van der Waals surface area contributed by atoms with Gasteiger partial charge in [0.05, 0.1) is 42.9 Å². The lowest BCUT2D eigenvalue weighted by atomic mass is 9.82. The first-order valence-electron chi connectivity index (χ1n) is 14.3. The number of nitrogen functional groups attached to an aromatic ring is 1. The minimum Gasteiger partial charge on any atom is -0.381 e. The van der Waals surface area contributed by atoms with Crippen molar-refractivity contribution >= 4 is 28.9 Å². The fourth-order valence-corrected chi connectivity index (χ4v) is 6.85. The van der Waals surface area contributed by atoms with E-state index in [0.29, 0.717) is 50.7 Å². The number of nitrogens with zero attached hydrogens (tertiary/aromatic N) is 5. The molecule has 1 amide bonds. The minimum atomic E-state index is -1.14. The Morgan fingerprint density at radius 2 is 1.90 bits per heavy atom. The number of alkyl halides is 1. The second-order valence-corrected chi connectivity index (χ2v) is 11.3. The van der Waals surface area contributed by atoms with Crippen LogP contribution >= 0.6 is 0 Å². The summed E-state index contributed by atoms with van der Waals surface area (Å²) in [6.07, 6.45) is 9.00. The number of aromatic nitrogens is 3. The average Bonchev–Trinajstić information content (AvgIpc) is 3.33. The van der Waals surface area contributed by atoms with Gasteiger partial charge in [-0.1, -0.05) is 38.5 Å². The van der Waals surface area contributed by atoms with E-state index in [1.807, 2.05) is 4.90 Å². The molecule has 10 nitrogen and oxygen atoms in total. The van der Waals surface area contributed by atoms with Crippen LogP contribution in [0.25, 0.3) is 0 Å². The Kier molecular flexibility index (Phi) is 7.32. The Bertz CT molecular complexity index is 1200. The number of morpholine rings is 1. The first-order valence-corrected chi connectivity index (χ1v) is 14.3. The van der Waals surface area contributed by atoms with E-state index < -0.39 is 23.4 Å². The maximum Gasteiger partial charge on any atom is 0.263 e. The van der Waals surface area contributed by atoms with Crippen LogP contribution in [-0.4, -0.2) is 83.7 Å². The number of anilines is 4. The molecule has 6 rings (SSSR count). The van der Waals surface area contributed by atoms with Crippen LogP contribution in [0, 0.1) is 5.82 Å². The molecular weight excluding hydrogens is 506 g/mol. The molecule has 4 N–H and O–H groups in total. The van der Waals surface area contributed by atoms with Gasteiger partial charge in [0.1, 0.15) is 23.2 Å². The smallest absolute Gasteiger partial charge is 0.263 e. The Morgan fingerprint density at radius 1 is 1.13 bits per heavy atom. The van der Waals surface area contributed by atoms with Gasteiger partial charge in [-0.2, -0.15) is 5.10 Å². The number of hydrogen-bond acceptors (Lipinski definition) is 8. The molecule has 2 aromatic heterocycles. The highest BCUT2D eigenvalue weighted by molar-refractivity contribution is 6.12. The number of piperazine rings is 1. The monoisotopic (exact) mass is 544 g/mol. The number of pyridine rings is 1. The summed E-state index contributed by atoms with van der Waals surface area (Å²) in [4.78, 5) is 22.0. The molecule has 0 bridgehead atoms. The van der Waals surface area contributed by atoms with Crippen LogP contribution in [0.3, 0.4) is 0 Å². The predicted octanol–water partition coefficient (Wildman–Crippen LogP) is 3.37. The van der Waals surface area contributed by atoms with E-state index in [2.05, 4.69) is 25.6 Å². The van der Waals surface area contributed by atoms with Crippen molar-refractivity contribution < 1.29 is 18.3 Å². The Labute approximate surface area is 227 Å². The summed E-state index contributed by atoms with van der Waals surface area (Å²) in [5, 5.41) is 10.5. The highest BCUT2D eigenvalue weighted by Gasteiger charge is 2.47. The van der Waals surface area contributed by atoms with Crippen LogP contribution in [0.15, 0.2) is 12.4 Å². The number of nitrogens with two attached hydrogens (primary N) is 1. The lowest BCUT2D eigenvalue weighted by molar-refractivity contribution is -0.0117. The number of carbonyl (C=O) groups is 1. The third kappa shape index (κ3) is 4.82. The highest BCUT2D eigenvalue weighted by Crippen LogP contribution is 2.44. The molecule has 1 spiro atoms. The topological polar surface area (TPSA) is 114 Å². The molecule has 2 aromatic rings. The third-order valence-corrected chi connectivity index (χ3v) is 8.94. The van der Waals surface area contributed by atoms with E-state index in [9.17, 15) is 4.79 Å². The number of amides is 1. The summed E-state index contributed by atoms with van der Waals surface area (Å²) in [5.74, 6) is -0.574. The van der Waals surface area contributed by atoms with Gasteiger partial charge in [-0.05, 0) is 12.8 Å². The molecule has 3 aliphatic heterocycles. The first-order chi connectivity index (χ1) is 19.0. The van der Waals surface area contributed by atoms with Gasteiger partial charge in [-0.15, -0.1) is 0 Å². The van der Waals surface area contributed by atoms with Crippen molar-refractivity contribution in [2.75, 3.05) is 67.2 Å². The number of carbonyl (C=O) groups excluding carboxylic acids is 1. The van der Waals surface area contributed by atoms with Crippen molar-refractivity contribution in [3.8, 4) is 0 Å². The van der Waals surface area contributed by atoms with Crippen molar-refractivity contribution in [3.63, 3.8) is 0 Å². The first kappa shape index (κ1) is 26.2. The third-order valence-electron chi connectivity index (χ3n) is 8.94. The van der Waals surface area contributed by atoms with Crippen molar-refractivity contribution in [1.82, 2.24) is 19.7 Å². The summed E-state index contributed by atoms with van der Waals surface area (Å²) in [6.45, 7) is 4.23. The van der Waals surface area contributed by atoms with E-state index >= 15 is 8.78 Å². The van der Waals surface area contributed by atoms with Gasteiger partial charge in [-0.3, -0.25) is 14.7 Å². The average molecular weight is 545 g/mol. The SMILES string of the molecule is Nc1nn2c(c1C(=O)Nc1cncc(F)c1N1CCN3CCOC[C@H]3C1)NCC(F)C21CCCCCCCC1. The second kappa shape index (κ2) is 10.9. The highest BCUT2D eigenvalue weighted by atomic mass is 19.1. The van der Waals surface area contributed by atoms with Crippen LogP contribution in [0.2, 0.25) is 0 Å². The largest absolute Gasteiger partial charge is 0.381 e. The lowest BCUT2D eigenvalue weighted by Crippen LogP contribution is -2.58. The van der Waals surface area contributed by atoms with Gasteiger partial charge < -0.3 is 26.0 Å². The second-order valence-electron chi connectivity index (χ2n) is 11.3. The quantitative estimate of drug-likeness (QED) is 0.539. The summed E-state index contributed by atoms with van der Waals surface area (Å²) in [7, 11) is 0. The van der Waals surface area contributed by atoms with Crippen LogP contribution in [0.5, 0.6) is 0 Å². The zero-order valence-corrected chi connectivity index (χ0v) is 22.3. The number of nitrogens with one attached hydrogen (secondary N) is 2. The molecule has 1 unspecified atom stereocenters. The van der Waals surface area contributed by atoms with E-state index in [0.717, 1.165) is 57.8 Å². The maximum atomic E-state index is 15.6. The molecule has 4 aliphatic rings. The molecule has 12 heteroatoms. The van der Waals surface area contributed by atoms with Crippen molar-refractivity contribution in [1.29, 1.82) is 0 Å². The number of halogens is 2. The fraction of sp³-hybridized carbons (Fsp3) is 0.667. The molecule has 5 heterocycles. The van der Waals surface area contributed by atoms with Gasteiger partial charge in [0.2, 0.25) is 0 Å². The zero-order valence-electron chi connectivity index (χ0n) is 22.3. The van der Waals surface area contributed by atoms with Crippen molar-refractivity contribution in [2.45, 2.75) is 69.1 Å². The van der Waals surface area contributed by atoms with Crippen LogP contribution in [0.4, 0.5) is 31.8 Å². The Morgan fingerprint density at radius 3 is 2.69 bits per heavy atom. The maximum absolute atomic E-state index is 15.6. The zero-order chi connectivity index (χ0) is 27.0. The fourth-order valence-electron chi connectivity index (χ4n) is 6.85. The number of hydrogen-bond donors (Lipinski definition) is 3. The molecular formula is C27H38F2N8O2. The lowest BCUT2D eigenvalue weighted by Gasteiger charge is -2.44. The van der Waals surface area contributed by atoms with Crippen LogP contribution in [-0.2, 0) is 10.3 Å². The predicted molar refractivity (Wildman–Crippen MR) is 145 cm³/mol. The molecule has 2 saturated heterocycles. The molecule has 0 aromatic carbocycles. The van der Waals surface area contributed by atoms with Crippen molar-refractivity contribution in [3.05, 3.63) is 23.8 Å². The molecule has 39 heavy (non-hydrogen) atoms. The van der Waals surface area contributed by atoms with Crippen LogP contribution in [0.1, 0.15) is 61.7 Å². The summed E-state index contributed by atoms with van der Waals surface area (Å²) in [5.41, 5.74) is 6.21. The van der Waals surface area contributed by atoms with Gasteiger partial charge in [0.25, 0.3) is 5.91 Å². The van der Waals surface area contributed by atoms with Gasteiger partial charge >= 0.3 is 0 Å². The number of ether oxygens (including phenoxy) is 1. The standard InChI is InChI=1S/C27H38F2N8O2/c28-19-13-31-14-20(23(19)36-10-9-35-11-12-39-17-18(35)16-36)33-26(38)22-24(30)34-37-25(22)32-15-21(29)27(37)7-5-3-1-2-4-6-8-27/h13-14,18,21,32H,1-12,15-17H2,(H2,30,34)(H,33,38)/t18-,21?/m1/s1. The van der Waals surface area contributed by atoms with E-state index in [4.69, 9.17) is 10.5 Å². The molecule has 3 fully saturated rings. The molecule has 1 saturated carbocycles. The minimum absolute atomic E-state index is 0.0298. The normalized spacial score (nSPS) is 25.5. The summed E-state index contributed by atoms with van der Waals surface area (Å²) in [6, 6.07) is 0.156.